The number of benzene rings is 1. The van der Waals surface area contributed by atoms with E-state index < -0.39 is 0 Å². The summed E-state index contributed by atoms with van der Waals surface area (Å²) in [5.74, 6) is 0. The van der Waals surface area contributed by atoms with E-state index in [9.17, 15) is 10.1 Å². The molecule has 1 heterocycles. The minimum Gasteiger partial charge on any atom is -0.328 e. The van der Waals surface area contributed by atoms with E-state index in [2.05, 4.69) is 20.8 Å². The molecule has 1 saturated carbocycles. The summed E-state index contributed by atoms with van der Waals surface area (Å²) in [7, 11) is 0. The van der Waals surface area contributed by atoms with Gasteiger partial charge in [-0.15, -0.1) is 0 Å². The third-order valence-electron chi connectivity index (χ3n) is 5.23. The zero-order valence-corrected chi connectivity index (χ0v) is 13.2. The Morgan fingerprint density at radius 2 is 2.10 bits per heavy atom. The van der Waals surface area contributed by atoms with E-state index in [-0.39, 0.29) is 10.6 Å². The van der Waals surface area contributed by atoms with Gasteiger partial charge in [0.25, 0.3) is 5.69 Å². The predicted molar refractivity (Wildman–Crippen MR) is 82.2 cm³/mol. The second-order valence-electron chi connectivity index (χ2n) is 8.20. The lowest BCUT2D eigenvalue weighted by Gasteiger charge is -2.37. The number of hydrogen-bond acceptors (Lipinski definition) is 2. The van der Waals surface area contributed by atoms with Crippen LogP contribution in [0.1, 0.15) is 45.6 Å². The zero-order valence-electron chi connectivity index (χ0n) is 13.2. The molecule has 2 fully saturated rings. The van der Waals surface area contributed by atoms with Crippen molar-refractivity contribution in [1.82, 2.24) is 0 Å². The summed E-state index contributed by atoms with van der Waals surface area (Å²) in [6.45, 7) is 9.30. The molecule has 4 nitrogen and oxygen atoms in total. The maximum absolute atomic E-state index is 10.9. The number of nitrogens with one attached hydrogen (secondary N) is 1. The van der Waals surface area contributed by atoms with Crippen molar-refractivity contribution in [3.05, 3.63) is 39.9 Å². The molecule has 0 spiro atoms. The monoisotopic (exact) mass is 289 g/mol. The first-order valence-corrected chi connectivity index (χ1v) is 7.84. The molecular weight excluding hydrogens is 264 g/mol. The highest BCUT2D eigenvalue weighted by atomic mass is 16.6. The zero-order chi connectivity index (χ0) is 15.3. The van der Waals surface area contributed by atoms with Gasteiger partial charge in [-0.2, -0.15) is 0 Å². The largest absolute Gasteiger partial charge is 0.328 e. The second-order valence-corrected chi connectivity index (χ2v) is 8.20. The number of rotatable bonds is 3. The maximum Gasteiger partial charge on any atom is 0.269 e. The molecule has 0 aromatic heterocycles. The molecule has 0 radical (unpaired) electrons. The van der Waals surface area contributed by atoms with Gasteiger partial charge in [-0.3, -0.25) is 10.1 Å². The van der Waals surface area contributed by atoms with Crippen LogP contribution in [0.5, 0.6) is 0 Å². The van der Waals surface area contributed by atoms with Crippen LogP contribution >= 0.6 is 0 Å². The standard InChI is InChI=1S/C17H24N2O2/c1-16(2)8-15-9-17(3,11-16)12-18(15)10-13-5-4-6-14(7-13)19(20)21/h4-7,15H,8-12H2,1-3H3/p+1/t15-,17+/m1/s1. The van der Waals surface area contributed by atoms with Crippen LogP contribution in [0, 0.1) is 20.9 Å². The normalized spacial score (nSPS) is 33.9. The Morgan fingerprint density at radius 1 is 1.33 bits per heavy atom. The molecule has 1 N–H and O–H groups in total. The Morgan fingerprint density at radius 3 is 2.81 bits per heavy atom. The third-order valence-corrected chi connectivity index (χ3v) is 5.23. The molecule has 1 aromatic carbocycles. The first-order valence-electron chi connectivity index (χ1n) is 7.84. The van der Waals surface area contributed by atoms with E-state index in [1.165, 1.54) is 25.8 Å². The molecule has 3 rings (SSSR count). The highest BCUT2D eigenvalue weighted by Crippen LogP contribution is 2.47. The van der Waals surface area contributed by atoms with Crippen LogP contribution in [-0.2, 0) is 6.54 Å². The molecule has 2 bridgehead atoms. The summed E-state index contributed by atoms with van der Waals surface area (Å²) in [6, 6.07) is 7.85. The van der Waals surface area contributed by atoms with Crippen molar-refractivity contribution in [2.45, 2.75) is 52.6 Å². The van der Waals surface area contributed by atoms with Crippen molar-refractivity contribution < 1.29 is 9.82 Å². The first-order chi connectivity index (χ1) is 9.76. The van der Waals surface area contributed by atoms with E-state index in [0.717, 1.165) is 12.1 Å². The lowest BCUT2D eigenvalue weighted by atomic mass is 9.65. The molecule has 2 aliphatic rings. The molecule has 21 heavy (non-hydrogen) atoms. The average Bonchev–Trinajstić information content (AvgIpc) is 2.58. The Bertz CT molecular complexity index is 570. The summed E-state index contributed by atoms with van der Waals surface area (Å²) in [6.07, 6.45) is 3.88. The van der Waals surface area contributed by atoms with Gasteiger partial charge >= 0.3 is 0 Å². The number of fused-ring (bicyclic) bond motifs is 2. The van der Waals surface area contributed by atoms with Crippen molar-refractivity contribution in [2.24, 2.45) is 10.8 Å². The fourth-order valence-electron chi connectivity index (χ4n) is 5.00. The molecule has 114 valence electrons. The summed E-state index contributed by atoms with van der Waals surface area (Å²) in [5.41, 5.74) is 2.18. The van der Waals surface area contributed by atoms with Crippen LogP contribution in [0.25, 0.3) is 0 Å². The van der Waals surface area contributed by atoms with Gasteiger partial charge in [0.1, 0.15) is 6.54 Å². The summed E-state index contributed by atoms with van der Waals surface area (Å²) in [5, 5.41) is 10.9. The van der Waals surface area contributed by atoms with Crippen LogP contribution < -0.4 is 4.90 Å². The SMILES string of the molecule is CC1(C)C[C@@H]2C[C@](C)(C[NH+]2Cc2cccc([N+](=O)[O-])c2)C1. The van der Waals surface area contributed by atoms with Crippen LogP contribution in [0.2, 0.25) is 0 Å². The Labute approximate surface area is 126 Å². The molecule has 1 unspecified atom stereocenters. The molecule has 1 aliphatic carbocycles. The van der Waals surface area contributed by atoms with Gasteiger partial charge in [0.15, 0.2) is 0 Å². The second kappa shape index (κ2) is 4.80. The highest BCUT2D eigenvalue weighted by Gasteiger charge is 2.52. The molecule has 4 heteroatoms. The highest BCUT2D eigenvalue weighted by molar-refractivity contribution is 5.33. The lowest BCUT2D eigenvalue weighted by molar-refractivity contribution is -0.928. The van der Waals surface area contributed by atoms with Crippen LogP contribution in [0.15, 0.2) is 24.3 Å². The fraction of sp³-hybridized carbons (Fsp3) is 0.647. The molecule has 3 atom stereocenters. The number of likely N-dealkylation sites (tertiary alicyclic amines) is 1. The summed E-state index contributed by atoms with van der Waals surface area (Å²) >= 11 is 0. The van der Waals surface area contributed by atoms with Gasteiger partial charge in [0.2, 0.25) is 0 Å². The number of nitro benzene ring substituents is 1. The average molecular weight is 289 g/mol. The van der Waals surface area contributed by atoms with Gasteiger partial charge < -0.3 is 4.90 Å². The van der Waals surface area contributed by atoms with E-state index in [0.29, 0.717) is 16.9 Å². The number of nitro groups is 1. The van der Waals surface area contributed by atoms with Gasteiger partial charge in [-0.25, -0.2) is 0 Å². The lowest BCUT2D eigenvalue weighted by Crippen LogP contribution is -3.12. The van der Waals surface area contributed by atoms with Crippen molar-refractivity contribution in [2.75, 3.05) is 6.54 Å². The predicted octanol–water partition coefficient (Wildman–Crippen LogP) is 2.58. The summed E-state index contributed by atoms with van der Waals surface area (Å²) in [4.78, 5) is 12.2. The minimum absolute atomic E-state index is 0.209. The van der Waals surface area contributed by atoms with Crippen molar-refractivity contribution in [3.8, 4) is 0 Å². The minimum atomic E-state index is -0.300. The van der Waals surface area contributed by atoms with Gasteiger partial charge in [0, 0.05) is 36.0 Å². The molecular formula is C17H25N2O2+. The van der Waals surface area contributed by atoms with E-state index in [1.807, 2.05) is 6.07 Å². The number of hydrogen-bond donors (Lipinski definition) is 1. The smallest absolute Gasteiger partial charge is 0.269 e. The van der Waals surface area contributed by atoms with Crippen LogP contribution in [-0.4, -0.2) is 17.5 Å². The van der Waals surface area contributed by atoms with Crippen LogP contribution in [0.4, 0.5) is 5.69 Å². The van der Waals surface area contributed by atoms with Gasteiger partial charge in [-0.1, -0.05) is 32.9 Å². The van der Waals surface area contributed by atoms with Crippen molar-refractivity contribution >= 4 is 5.69 Å². The third kappa shape index (κ3) is 2.95. The molecule has 1 aromatic rings. The Kier molecular flexibility index (Phi) is 3.32. The molecule has 1 aliphatic heterocycles. The quantitative estimate of drug-likeness (QED) is 0.687. The first kappa shape index (κ1) is 14.5. The fourth-order valence-corrected chi connectivity index (χ4v) is 5.00. The van der Waals surface area contributed by atoms with Crippen molar-refractivity contribution in [3.63, 3.8) is 0 Å². The Hall–Kier alpha value is -1.42. The van der Waals surface area contributed by atoms with E-state index in [4.69, 9.17) is 0 Å². The number of quaternary nitrogens is 1. The number of nitrogens with zero attached hydrogens (tertiary/aromatic N) is 1. The maximum atomic E-state index is 10.9. The Balaban J connectivity index is 1.77. The number of non-ortho nitro benzene ring substituents is 1. The van der Waals surface area contributed by atoms with E-state index in [1.54, 1.807) is 23.1 Å². The molecule has 1 saturated heterocycles. The van der Waals surface area contributed by atoms with E-state index >= 15 is 0 Å². The van der Waals surface area contributed by atoms with Gasteiger partial charge in [0.05, 0.1) is 17.5 Å². The van der Waals surface area contributed by atoms with Gasteiger partial charge in [-0.05, 0) is 11.8 Å². The molecule has 0 amide bonds. The van der Waals surface area contributed by atoms with Crippen molar-refractivity contribution in [1.29, 1.82) is 0 Å². The topological polar surface area (TPSA) is 47.6 Å². The summed E-state index contributed by atoms with van der Waals surface area (Å²) < 4.78 is 0. The van der Waals surface area contributed by atoms with Crippen LogP contribution in [0.3, 0.4) is 0 Å².